The number of nitrogens with one attached hydrogen (secondary N) is 1. The standard InChI is InChI=1S/C28H23N3O5S2/c1-30-25-17-12-20(18-26(25)37-28(30)33)29-27(32)19-31(38(34,35)24-10-6-3-7-11-24)21-13-15-23(16-14-21)36-22-8-4-2-5-9-22/h2-18H,19H2,1H3,(H,29,32). The van der Waals surface area contributed by atoms with E-state index < -0.39 is 22.5 Å². The molecule has 38 heavy (non-hydrogen) atoms. The van der Waals surface area contributed by atoms with Gasteiger partial charge in [0, 0.05) is 12.7 Å². The molecule has 5 rings (SSSR count). The Morgan fingerprint density at radius 2 is 1.53 bits per heavy atom. The number of rotatable bonds is 8. The number of fused-ring (bicyclic) bond motifs is 1. The monoisotopic (exact) mass is 545 g/mol. The minimum atomic E-state index is -4.06. The van der Waals surface area contributed by atoms with Crippen molar-refractivity contribution < 1.29 is 17.9 Å². The van der Waals surface area contributed by atoms with Gasteiger partial charge in [0.1, 0.15) is 18.0 Å². The molecule has 0 spiro atoms. The Hall–Kier alpha value is -4.41. The van der Waals surface area contributed by atoms with Crippen molar-refractivity contribution in [2.45, 2.75) is 4.90 Å². The Kier molecular flexibility index (Phi) is 6.99. The van der Waals surface area contributed by atoms with Crippen LogP contribution in [0, 0.1) is 0 Å². The Morgan fingerprint density at radius 3 is 2.21 bits per heavy atom. The van der Waals surface area contributed by atoms with Gasteiger partial charge < -0.3 is 14.6 Å². The van der Waals surface area contributed by atoms with Gasteiger partial charge in [0.05, 0.1) is 20.8 Å². The SMILES string of the molecule is Cn1c(=O)sc2cc(NC(=O)CN(c3ccc(Oc4ccccc4)cc3)S(=O)(=O)c3ccccc3)ccc21. The van der Waals surface area contributed by atoms with Crippen molar-refractivity contribution >= 4 is 48.9 Å². The number of aromatic nitrogens is 1. The van der Waals surface area contributed by atoms with Gasteiger partial charge in [-0.1, -0.05) is 47.7 Å². The molecule has 1 N–H and O–H groups in total. The Labute approximate surface area is 223 Å². The van der Waals surface area contributed by atoms with Crippen LogP contribution in [-0.2, 0) is 21.9 Å². The summed E-state index contributed by atoms with van der Waals surface area (Å²) in [5.41, 5.74) is 1.53. The third-order valence-electron chi connectivity index (χ3n) is 5.80. The fourth-order valence-corrected chi connectivity index (χ4v) is 6.24. The van der Waals surface area contributed by atoms with E-state index in [0.29, 0.717) is 22.9 Å². The van der Waals surface area contributed by atoms with E-state index in [-0.39, 0.29) is 9.77 Å². The summed E-state index contributed by atoms with van der Waals surface area (Å²) in [5, 5.41) is 2.76. The third-order valence-corrected chi connectivity index (χ3v) is 8.58. The second-order valence-electron chi connectivity index (χ2n) is 8.39. The van der Waals surface area contributed by atoms with E-state index in [1.165, 1.54) is 16.7 Å². The van der Waals surface area contributed by atoms with E-state index in [2.05, 4.69) is 5.32 Å². The van der Waals surface area contributed by atoms with Crippen LogP contribution < -0.4 is 19.2 Å². The summed E-state index contributed by atoms with van der Waals surface area (Å²) in [6.45, 7) is -0.459. The zero-order valence-corrected chi connectivity index (χ0v) is 21.9. The highest BCUT2D eigenvalue weighted by Crippen LogP contribution is 2.28. The molecule has 0 unspecified atom stereocenters. The van der Waals surface area contributed by atoms with Crippen molar-refractivity contribution in [1.29, 1.82) is 0 Å². The molecule has 0 atom stereocenters. The fourth-order valence-electron chi connectivity index (χ4n) is 3.88. The van der Waals surface area contributed by atoms with E-state index >= 15 is 0 Å². The van der Waals surface area contributed by atoms with Gasteiger partial charge in [-0.25, -0.2) is 8.42 Å². The minimum absolute atomic E-state index is 0.0629. The van der Waals surface area contributed by atoms with Crippen molar-refractivity contribution in [3.05, 3.63) is 113 Å². The first kappa shape index (κ1) is 25.2. The maximum Gasteiger partial charge on any atom is 0.307 e. The zero-order chi connectivity index (χ0) is 26.7. The lowest BCUT2D eigenvalue weighted by molar-refractivity contribution is -0.114. The number of carbonyl (C=O) groups excluding carboxylic acids is 1. The Bertz CT molecular complexity index is 1750. The van der Waals surface area contributed by atoms with Gasteiger partial charge in [-0.3, -0.25) is 13.9 Å². The molecule has 0 saturated carbocycles. The van der Waals surface area contributed by atoms with Crippen LogP contribution in [-0.4, -0.2) is 25.4 Å². The molecule has 1 amide bonds. The van der Waals surface area contributed by atoms with Crippen molar-refractivity contribution in [2.75, 3.05) is 16.2 Å². The average Bonchev–Trinajstić information content (AvgIpc) is 3.21. The summed E-state index contributed by atoms with van der Waals surface area (Å²) in [6.07, 6.45) is 0. The van der Waals surface area contributed by atoms with Crippen LogP contribution in [0.15, 0.2) is 113 Å². The normalized spacial score (nSPS) is 11.3. The Balaban J connectivity index is 1.42. The number of hydrogen-bond acceptors (Lipinski definition) is 6. The third kappa shape index (κ3) is 5.31. The predicted octanol–water partition coefficient (Wildman–Crippen LogP) is 5.23. The lowest BCUT2D eigenvalue weighted by Gasteiger charge is -2.24. The molecule has 1 heterocycles. The number of nitrogens with zero attached hydrogens (tertiary/aromatic N) is 2. The van der Waals surface area contributed by atoms with Crippen molar-refractivity contribution in [3.8, 4) is 11.5 Å². The number of carbonyl (C=O) groups is 1. The molecule has 10 heteroatoms. The highest BCUT2D eigenvalue weighted by molar-refractivity contribution is 7.92. The van der Waals surface area contributed by atoms with Crippen molar-refractivity contribution in [3.63, 3.8) is 0 Å². The molecule has 0 aliphatic carbocycles. The molecular formula is C28H23N3O5S2. The first-order valence-corrected chi connectivity index (χ1v) is 13.9. The number of thiazole rings is 1. The van der Waals surface area contributed by atoms with E-state index in [1.54, 1.807) is 67.7 Å². The topological polar surface area (TPSA) is 97.7 Å². The zero-order valence-electron chi connectivity index (χ0n) is 20.3. The molecule has 0 aliphatic heterocycles. The average molecular weight is 546 g/mol. The van der Waals surface area contributed by atoms with Crippen LogP contribution >= 0.6 is 11.3 Å². The van der Waals surface area contributed by atoms with E-state index in [0.717, 1.165) is 25.9 Å². The van der Waals surface area contributed by atoms with Crippen molar-refractivity contribution in [2.24, 2.45) is 7.05 Å². The first-order chi connectivity index (χ1) is 18.3. The molecule has 5 aromatic rings. The summed E-state index contributed by atoms with van der Waals surface area (Å²) in [5.74, 6) is 0.641. The number of anilines is 2. The van der Waals surface area contributed by atoms with Crippen LogP contribution in [0.1, 0.15) is 0 Å². The number of benzene rings is 4. The van der Waals surface area contributed by atoms with Gasteiger partial charge in [-0.15, -0.1) is 0 Å². The maximum absolute atomic E-state index is 13.6. The van der Waals surface area contributed by atoms with Gasteiger partial charge in [0.25, 0.3) is 10.0 Å². The van der Waals surface area contributed by atoms with E-state index in [9.17, 15) is 18.0 Å². The highest BCUT2D eigenvalue weighted by Gasteiger charge is 2.27. The second-order valence-corrected chi connectivity index (χ2v) is 11.2. The minimum Gasteiger partial charge on any atom is -0.457 e. The van der Waals surface area contributed by atoms with Crippen LogP contribution in [0.3, 0.4) is 0 Å². The summed E-state index contributed by atoms with van der Waals surface area (Å²) in [4.78, 5) is 25.0. The number of ether oxygens (including phenoxy) is 1. The number of aryl methyl sites for hydroxylation is 1. The molecular weight excluding hydrogens is 522 g/mol. The Morgan fingerprint density at radius 1 is 0.895 bits per heavy atom. The highest BCUT2D eigenvalue weighted by atomic mass is 32.2. The van der Waals surface area contributed by atoms with E-state index in [4.69, 9.17) is 4.74 Å². The van der Waals surface area contributed by atoms with E-state index in [1.807, 2.05) is 30.3 Å². The number of sulfonamides is 1. The molecule has 0 saturated heterocycles. The summed E-state index contributed by atoms with van der Waals surface area (Å²) >= 11 is 1.07. The summed E-state index contributed by atoms with van der Waals surface area (Å²) in [6, 6.07) is 28.8. The predicted molar refractivity (Wildman–Crippen MR) is 150 cm³/mol. The van der Waals surface area contributed by atoms with Crippen LogP contribution in [0.25, 0.3) is 10.2 Å². The lowest BCUT2D eigenvalue weighted by atomic mass is 10.3. The molecule has 192 valence electrons. The number of amides is 1. The van der Waals surface area contributed by atoms with Crippen LogP contribution in [0.5, 0.6) is 11.5 Å². The molecule has 4 aromatic carbocycles. The molecule has 0 aliphatic rings. The first-order valence-electron chi connectivity index (χ1n) is 11.6. The quantitative estimate of drug-likeness (QED) is 0.288. The van der Waals surface area contributed by atoms with Gasteiger partial charge in [-0.2, -0.15) is 0 Å². The number of hydrogen-bond donors (Lipinski definition) is 1. The van der Waals surface area contributed by atoms with Gasteiger partial charge in [0.15, 0.2) is 0 Å². The summed E-state index contributed by atoms with van der Waals surface area (Å²) in [7, 11) is -2.38. The van der Waals surface area contributed by atoms with Gasteiger partial charge >= 0.3 is 4.87 Å². The largest absolute Gasteiger partial charge is 0.457 e. The molecule has 0 fully saturated rings. The molecule has 0 bridgehead atoms. The number of para-hydroxylation sites is 1. The summed E-state index contributed by atoms with van der Waals surface area (Å²) < 4.78 is 36.3. The maximum atomic E-state index is 13.6. The lowest BCUT2D eigenvalue weighted by Crippen LogP contribution is -2.38. The van der Waals surface area contributed by atoms with Crippen LogP contribution in [0.2, 0.25) is 0 Å². The molecule has 0 radical (unpaired) electrons. The van der Waals surface area contributed by atoms with Gasteiger partial charge in [-0.05, 0) is 66.7 Å². The van der Waals surface area contributed by atoms with Crippen molar-refractivity contribution in [1.82, 2.24) is 4.57 Å². The smallest absolute Gasteiger partial charge is 0.307 e. The molecule has 1 aromatic heterocycles. The fraction of sp³-hybridized carbons (Fsp3) is 0.0714. The second kappa shape index (κ2) is 10.5. The van der Waals surface area contributed by atoms with Gasteiger partial charge in [0.2, 0.25) is 5.91 Å². The van der Waals surface area contributed by atoms with Crippen LogP contribution in [0.4, 0.5) is 11.4 Å². The molecule has 8 nitrogen and oxygen atoms in total.